The van der Waals surface area contributed by atoms with Gasteiger partial charge >= 0.3 is 0 Å². The van der Waals surface area contributed by atoms with Crippen LogP contribution in [0, 0.1) is 0 Å². The summed E-state index contributed by atoms with van der Waals surface area (Å²) in [7, 11) is 0. The highest BCUT2D eigenvalue weighted by molar-refractivity contribution is 5.98. The minimum absolute atomic E-state index is 0.0638. The summed E-state index contributed by atoms with van der Waals surface area (Å²) in [5.41, 5.74) is 6.26. The van der Waals surface area contributed by atoms with Crippen LogP contribution in [-0.4, -0.2) is 16.0 Å². The topological polar surface area (TPSA) is 85.4 Å². The number of para-hydroxylation sites is 1. The lowest BCUT2D eigenvalue weighted by molar-refractivity contribution is 0.0997. The van der Waals surface area contributed by atoms with Gasteiger partial charge in [-0.3, -0.25) is 4.79 Å². The Kier molecular flexibility index (Phi) is 3.16. The van der Waals surface area contributed by atoms with Crippen LogP contribution in [0.2, 0.25) is 0 Å². The normalized spacial score (nSPS) is 10.5. The number of amides is 1. The molecule has 0 aliphatic heterocycles. The summed E-state index contributed by atoms with van der Waals surface area (Å²) in [5.74, 6) is -0.0654. The van der Waals surface area contributed by atoms with Gasteiger partial charge in [-0.25, -0.2) is 4.98 Å². The highest BCUT2D eigenvalue weighted by Crippen LogP contribution is 2.28. The van der Waals surface area contributed by atoms with Gasteiger partial charge in [-0.1, -0.05) is 24.3 Å². The summed E-state index contributed by atoms with van der Waals surface area (Å²) < 4.78 is 5.59. The van der Waals surface area contributed by atoms with Crippen LogP contribution >= 0.6 is 0 Å². The molecule has 3 N–H and O–H groups in total. The Bertz CT molecular complexity index is 831. The summed E-state index contributed by atoms with van der Waals surface area (Å²) in [6.07, 6.45) is 0. The van der Waals surface area contributed by atoms with E-state index in [1.807, 2.05) is 24.3 Å². The van der Waals surface area contributed by atoms with Crippen molar-refractivity contribution in [2.75, 3.05) is 0 Å². The average Bonchev–Trinajstić information content (AvgIpc) is 2.46. The molecule has 104 valence electrons. The van der Waals surface area contributed by atoms with Crippen LogP contribution in [0.15, 0.2) is 54.6 Å². The van der Waals surface area contributed by atoms with E-state index in [0.717, 1.165) is 5.39 Å². The minimum atomic E-state index is -0.622. The molecule has 0 unspecified atom stereocenters. The Balaban J connectivity index is 2.11. The van der Waals surface area contributed by atoms with Gasteiger partial charge in [0.1, 0.15) is 17.1 Å². The second-order valence-corrected chi connectivity index (χ2v) is 4.50. The van der Waals surface area contributed by atoms with Gasteiger partial charge in [0.05, 0.1) is 5.52 Å². The first-order valence-electron chi connectivity index (χ1n) is 6.30. The number of pyridine rings is 1. The van der Waals surface area contributed by atoms with Gasteiger partial charge in [-0.15, -0.1) is 0 Å². The molecule has 0 aliphatic carbocycles. The quantitative estimate of drug-likeness (QED) is 0.772. The first-order valence-corrected chi connectivity index (χ1v) is 6.30. The lowest BCUT2D eigenvalue weighted by Gasteiger charge is -2.10. The SMILES string of the molecule is NC(=O)c1cc2ccccc2nc1Oc1cccc(O)c1. The van der Waals surface area contributed by atoms with E-state index in [-0.39, 0.29) is 17.2 Å². The molecule has 1 amide bonds. The zero-order valence-electron chi connectivity index (χ0n) is 11.0. The molecule has 0 saturated carbocycles. The van der Waals surface area contributed by atoms with E-state index in [0.29, 0.717) is 11.3 Å². The van der Waals surface area contributed by atoms with Crippen LogP contribution in [0.3, 0.4) is 0 Å². The van der Waals surface area contributed by atoms with E-state index >= 15 is 0 Å². The molecule has 0 bridgehead atoms. The number of nitrogens with zero attached hydrogens (tertiary/aromatic N) is 1. The Hall–Kier alpha value is -3.08. The zero-order chi connectivity index (χ0) is 14.8. The van der Waals surface area contributed by atoms with Gasteiger partial charge in [0.15, 0.2) is 0 Å². The molecular weight excluding hydrogens is 268 g/mol. The van der Waals surface area contributed by atoms with E-state index in [4.69, 9.17) is 10.5 Å². The Morgan fingerprint density at radius 2 is 1.90 bits per heavy atom. The van der Waals surface area contributed by atoms with Crippen LogP contribution in [0.1, 0.15) is 10.4 Å². The Labute approximate surface area is 120 Å². The maximum absolute atomic E-state index is 11.6. The van der Waals surface area contributed by atoms with E-state index in [2.05, 4.69) is 4.98 Å². The number of aromatic nitrogens is 1. The van der Waals surface area contributed by atoms with Crippen molar-refractivity contribution in [1.29, 1.82) is 0 Å². The van der Waals surface area contributed by atoms with Crippen LogP contribution < -0.4 is 10.5 Å². The minimum Gasteiger partial charge on any atom is -0.508 e. The molecule has 1 aromatic heterocycles. The molecule has 1 heterocycles. The number of nitrogens with two attached hydrogens (primary N) is 1. The van der Waals surface area contributed by atoms with E-state index in [1.165, 1.54) is 12.1 Å². The van der Waals surface area contributed by atoms with Crippen molar-refractivity contribution in [1.82, 2.24) is 4.98 Å². The van der Waals surface area contributed by atoms with Gasteiger partial charge < -0.3 is 15.6 Å². The lowest BCUT2D eigenvalue weighted by atomic mass is 10.1. The second-order valence-electron chi connectivity index (χ2n) is 4.50. The number of hydrogen-bond acceptors (Lipinski definition) is 4. The van der Waals surface area contributed by atoms with Gasteiger partial charge in [0.25, 0.3) is 5.91 Å². The first-order chi connectivity index (χ1) is 10.1. The molecular formula is C16H12N2O3. The molecule has 21 heavy (non-hydrogen) atoms. The zero-order valence-corrected chi connectivity index (χ0v) is 11.0. The van der Waals surface area contributed by atoms with Crippen molar-refractivity contribution in [3.8, 4) is 17.4 Å². The highest BCUT2D eigenvalue weighted by atomic mass is 16.5. The van der Waals surface area contributed by atoms with Crippen molar-refractivity contribution in [2.45, 2.75) is 0 Å². The molecule has 2 aromatic carbocycles. The molecule has 5 nitrogen and oxygen atoms in total. The predicted molar refractivity (Wildman–Crippen MR) is 78.4 cm³/mol. The molecule has 0 aliphatic rings. The van der Waals surface area contributed by atoms with Gasteiger partial charge in [0.2, 0.25) is 5.88 Å². The fraction of sp³-hybridized carbons (Fsp3) is 0. The number of phenolic OH excluding ortho intramolecular Hbond substituents is 1. The standard InChI is InChI=1S/C16H12N2O3/c17-15(20)13-8-10-4-1-2-7-14(10)18-16(13)21-12-6-3-5-11(19)9-12/h1-9,19H,(H2,17,20). The molecule has 0 saturated heterocycles. The largest absolute Gasteiger partial charge is 0.508 e. The number of primary amides is 1. The van der Waals surface area contributed by atoms with Crippen LogP contribution in [-0.2, 0) is 0 Å². The number of carbonyl (C=O) groups is 1. The second kappa shape index (κ2) is 5.13. The maximum atomic E-state index is 11.6. The summed E-state index contributed by atoms with van der Waals surface area (Å²) in [4.78, 5) is 15.9. The smallest absolute Gasteiger partial charge is 0.254 e. The molecule has 0 fully saturated rings. The Morgan fingerprint density at radius 3 is 2.67 bits per heavy atom. The molecule has 0 atom stereocenters. The first kappa shape index (κ1) is 12.9. The number of carbonyl (C=O) groups excluding carboxylic acids is 1. The summed E-state index contributed by atoms with van der Waals surface area (Å²) >= 11 is 0. The number of rotatable bonds is 3. The van der Waals surface area contributed by atoms with Crippen molar-refractivity contribution >= 4 is 16.8 Å². The molecule has 3 aromatic rings. The third-order valence-electron chi connectivity index (χ3n) is 2.99. The number of fused-ring (bicyclic) bond motifs is 1. The van der Waals surface area contributed by atoms with Crippen LogP contribution in [0.25, 0.3) is 10.9 Å². The highest BCUT2D eigenvalue weighted by Gasteiger charge is 2.14. The summed E-state index contributed by atoms with van der Waals surface area (Å²) in [5, 5.41) is 10.2. The number of phenols is 1. The monoisotopic (exact) mass is 280 g/mol. The van der Waals surface area contributed by atoms with Crippen LogP contribution in [0.4, 0.5) is 0 Å². The predicted octanol–water partition coefficient (Wildman–Crippen LogP) is 2.83. The van der Waals surface area contributed by atoms with Crippen molar-refractivity contribution in [2.24, 2.45) is 5.73 Å². The Morgan fingerprint density at radius 1 is 1.10 bits per heavy atom. The number of benzene rings is 2. The van der Waals surface area contributed by atoms with E-state index < -0.39 is 5.91 Å². The third-order valence-corrected chi connectivity index (χ3v) is 2.99. The van der Waals surface area contributed by atoms with Gasteiger partial charge in [-0.05, 0) is 24.3 Å². The molecule has 3 rings (SSSR count). The number of aromatic hydroxyl groups is 1. The molecule has 0 radical (unpaired) electrons. The van der Waals surface area contributed by atoms with E-state index in [9.17, 15) is 9.90 Å². The van der Waals surface area contributed by atoms with Crippen LogP contribution in [0.5, 0.6) is 17.4 Å². The lowest BCUT2D eigenvalue weighted by Crippen LogP contribution is -2.13. The number of hydrogen-bond donors (Lipinski definition) is 2. The molecule has 0 spiro atoms. The summed E-state index contributed by atoms with van der Waals surface area (Å²) in [6.45, 7) is 0. The van der Waals surface area contributed by atoms with E-state index in [1.54, 1.807) is 18.2 Å². The third kappa shape index (κ3) is 2.62. The van der Waals surface area contributed by atoms with Gasteiger partial charge in [0, 0.05) is 11.5 Å². The maximum Gasteiger partial charge on any atom is 0.254 e. The fourth-order valence-corrected chi connectivity index (χ4v) is 2.01. The van der Waals surface area contributed by atoms with Gasteiger partial charge in [-0.2, -0.15) is 0 Å². The average molecular weight is 280 g/mol. The summed E-state index contributed by atoms with van der Waals surface area (Å²) in [6, 6.07) is 15.2. The molecule has 5 heteroatoms. The van der Waals surface area contributed by atoms with Crippen molar-refractivity contribution < 1.29 is 14.6 Å². The number of ether oxygens (including phenoxy) is 1. The van der Waals surface area contributed by atoms with Crippen molar-refractivity contribution in [3.05, 3.63) is 60.2 Å². The fourth-order valence-electron chi connectivity index (χ4n) is 2.01. The van der Waals surface area contributed by atoms with Crippen molar-refractivity contribution in [3.63, 3.8) is 0 Å².